The SMILES string of the molecule is S=c1[nH]c2cc(Br)cnc2n1CCC1CCCCO1. The van der Waals surface area contributed by atoms with Crippen LogP contribution in [0.3, 0.4) is 0 Å². The first-order valence-electron chi connectivity index (χ1n) is 6.60. The van der Waals surface area contributed by atoms with E-state index in [2.05, 4.69) is 30.5 Å². The molecule has 4 nitrogen and oxygen atoms in total. The van der Waals surface area contributed by atoms with Crippen molar-refractivity contribution in [1.29, 1.82) is 0 Å². The summed E-state index contributed by atoms with van der Waals surface area (Å²) >= 11 is 8.80. The molecule has 6 heteroatoms. The van der Waals surface area contributed by atoms with E-state index in [1.54, 1.807) is 6.20 Å². The molecule has 19 heavy (non-hydrogen) atoms. The van der Waals surface area contributed by atoms with Crippen molar-refractivity contribution in [3.8, 4) is 0 Å². The van der Waals surface area contributed by atoms with E-state index in [0.29, 0.717) is 6.10 Å². The second kappa shape index (κ2) is 5.73. The van der Waals surface area contributed by atoms with Crippen LogP contribution in [0.2, 0.25) is 0 Å². The molecule has 1 aliphatic rings. The molecular formula is C13H16BrN3OS. The van der Waals surface area contributed by atoms with E-state index in [1.807, 2.05) is 6.07 Å². The topological polar surface area (TPSA) is 42.8 Å². The highest BCUT2D eigenvalue weighted by atomic mass is 79.9. The van der Waals surface area contributed by atoms with E-state index in [9.17, 15) is 0 Å². The highest BCUT2D eigenvalue weighted by Crippen LogP contribution is 2.20. The molecule has 1 atom stereocenters. The lowest BCUT2D eigenvalue weighted by atomic mass is 10.1. The number of halogens is 1. The van der Waals surface area contributed by atoms with Crippen LogP contribution >= 0.6 is 28.1 Å². The van der Waals surface area contributed by atoms with Gasteiger partial charge in [0, 0.05) is 23.8 Å². The first kappa shape index (κ1) is 13.3. The summed E-state index contributed by atoms with van der Waals surface area (Å²) < 4.78 is 9.52. The van der Waals surface area contributed by atoms with Gasteiger partial charge in [0.15, 0.2) is 10.4 Å². The van der Waals surface area contributed by atoms with E-state index >= 15 is 0 Å². The number of fused-ring (bicyclic) bond motifs is 1. The molecular weight excluding hydrogens is 326 g/mol. The Labute approximate surface area is 125 Å². The molecule has 1 saturated heterocycles. The number of nitrogens with one attached hydrogen (secondary N) is 1. The van der Waals surface area contributed by atoms with Crippen molar-refractivity contribution in [3.05, 3.63) is 21.5 Å². The van der Waals surface area contributed by atoms with Crippen molar-refractivity contribution in [2.24, 2.45) is 0 Å². The monoisotopic (exact) mass is 341 g/mol. The summed E-state index contributed by atoms with van der Waals surface area (Å²) in [6, 6.07) is 2.01. The van der Waals surface area contributed by atoms with Crippen LogP contribution in [0, 0.1) is 4.77 Å². The Balaban J connectivity index is 1.80. The van der Waals surface area contributed by atoms with Crippen LogP contribution in [0.5, 0.6) is 0 Å². The fraction of sp³-hybridized carbons (Fsp3) is 0.538. The number of ether oxygens (including phenoxy) is 1. The summed E-state index contributed by atoms with van der Waals surface area (Å²) in [6.07, 6.45) is 6.80. The molecule has 2 aromatic heterocycles. The summed E-state index contributed by atoms with van der Waals surface area (Å²) in [6.45, 7) is 1.76. The van der Waals surface area contributed by atoms with Crippen molar-refractivity contribution < 1.29 is 4.74 Å². The van der Waals surface area contributed by atoms with Gasteiger partial charge in [0.2, 0.25) is 0 Å². The molecule has 0 spiro atoms. The smallest absolute Gasteiger partial charge is 0.179 e. The Morgan fingerprint density at radius 3 is 3.21 bits per heavy atom. The number of H-pyrrole nitrogens is 1. The summed E-state index contributed by atoms with van der Waals surface area (Å²) in [5, 5.41) is 0. The molecule has 0 amide bonds. The maximum atomic E-state index is 5.76. The first-order valence-corrected chi connectivity index (χ1v) is 7.80. The van der Waals surface area contributed by atoms with Gasteiger partial charge in [-0.15, -0.1) is 0 Å². The van der Waals surface area contributed by atoms with Gasteiger partial charge in [-0.1, -0.05) is 0 Å². The summed E-state index contributed by atoms with van der Waals surface area (Å²) in [4.78, 5) is 7.64. The standard InChI is InChI=1S/C13H16BrN3OS/c14-9-7-11-12(15-8-9)17(13(19)16-11)5-4-10-3-1-2-6-18-10/h7-8,10H,1-6H2,(H,16,19). The number of pyridine rings is 1. The highest BCUT2D eigenvalue weighted by molar-refractivity contribution is 9.10. The van der Waals surface area contributed by atoms with Gasteiger partial charge >= 0.3 is 0 Å². The minimum Gasteiger partial charge on any atom is -0.378 e. The van der Waals surface area contributed by atoms with Gasteiger partial charge in [0.05, 0.1) is 11.6 Å². The minimum atomic E-state index is 0.371. The lowest BCUT2D eigenvalue weighted by Crippen LogP contribution is -2.20. The zero-order valence-electron chi connectivity index (χ0n) is 10.6. The van der Waals surface area contributed by atoms with E-state index in [4.69, 9.17) is 17.0 Å². The molecule has 1 unspecified atom stereocenters. The van der Waals surface area contributed by atoms with E-state index in [1.165, 1.54) is 12.8 Å². The molecule has 0 aromatic carbocycles. The van der Waals surface area contributed by atoms with Crippen molar-refractivity contribution >= 4 is 39.3 Å². The largest absolute Gasteiger partial charge is 0.378 e. The number of aromatic nitrogens is 3. The molecule has 2 aromatic rings. The van der Waals surface area contributed by atoms with Crippen LogP contribution in [0.1, 0.15) is 25.7 Å². The summed E-state index contributed by atoms with van der Waals surface area (Å²) in [5.41, 5.74) is 1.90. The number of imidazole rings is 1. The van der Waals surface area contributed by atoms with Crippen molar-refractivity contribution in [1.82, 2.24) is 14.5 Å². The Hall–Kier alpha value is -0.720. The molecule has 3 heterocycles. The predicted molar refractivity (Wildman–Crippen MR) is 80.8 cm³/mol. The normalized spacial score (nSPS) is 19.9. The number of hydrogen-bond donors (Lipinski definition) is 1. The number of nitrogens with zero attached hydrogens (tertiary/aromatic N) is 2. The van der Waals surface area contributed by atoms with Gasteiger partial charge < -0.3 is 14.3 Å². The number of hydrogen-bond acceptors (Lipinski definition) is 3. The maximum Gasteiger partial charge on any atom is 0.179 e. The van der Waals surface area contributed by atoms with Crippen LogP contribution in [0.15, 0.2) is 16.7 Å². The van der Waals surface area contributed by atoms with Gasteiger partial charge in [0.25, 0.3) is 0 Å². The number of aryl methyl sites for hydroxylation is 1. The molecule has 1 fully saturated rings. The highest BCUT2D eigenvalue weighted by Gasteiger charge is 2.15. The third-order valence-electron chi connectivity index (χ3n) is 3.52. The number of rotatable bonds is 3. The number of aromatic amines is 1. The average molecular weight is 342 g/mol. The third kappa shape index (κ3) is 2.90. The van der Waals surface area contributed by atoms with Gasteiger partial charge in [-0.3, -0.25) is 0 Å². The maximum absolute atomic E-state index is 5.76. The van der Waals surface area contributed by atoms with E-state index < -0.39 is 0 Å². The quantitative estimate of drug-likeness (QED) is 0.863. The van der Waals surface area contributed by atoms with Gasteiger partial charge in [-0.2, -0.15) is 0 Å². The third-order valence-corrected chi connectivity index (χ3v) is 4.28. The fourth-order valence-corrected chi connectivity index (χ4v) is 3.15. The van der Waals surface area contributed by atoms with E-state index in [-0.39, 0.29) is 0 Å². The summed E-state index contributed by atoms with van der Waals surface area (Å²) in [5.74, 6) is 0. The molecule has 102 valence electrons. The Bertz CT molecular complexity index is 630. The Morgan fingerprint density at radius 2 is 2.42 bits per heavy atom. The molecule has 1 aliphatic heterocycles. The molecule has 0 aliphatic carbocycles. The first-order chi connectivity index (χ1) is 9.24. The van der Waals surface area contributed by atoms with Gasteiger partial charge in [0.1, 0.15) is 0 Å². The van der Waals surface area contributed by atoms with Crippen LogP contribution in [-0.2, 0) is 11.3 Å². The van der Waals surface area contributed by atoms with Crippen LogP contribution in [0.4, 0.5) is 0 Å². The van der Waals surface area contributed by atoms with Crippen molar-refractivity contribution in [2.45, 2.75) is 38.3 Å². The lowest BCUT2D eigenvalue weighted by Gasteiger charge is -2.22. The lowest BCUT2D eigenvalue weighted by molar-refractivity contribution is 0.00890. The second-order valence-corrected chi connectivity index (χ2v) is 6.19. The second-order valence-electron chi connectivity index (χ2n) is 4.88. The molecule has 0 bridgehead atoms. The average Bonchev–Trinajstić information content (AvgIpc) is 2.72. The van der Waals surface area contributed by atoms with E-state index in [0.717, 1.165) is 46.4 Å². The fourth-order valence-electron chi connectivity index (χ4n) is 2.53. The van der Waals surface area contributed by atoms with Crippen molar-refractivity contribution in [2.75, 3.05) is 6.61 Å². The molecule has 0 saturated carbocycles. The van der Waals surface area contributed by atoms with Crippen LogP contribution in [0.25, 0.3) is 11.2 Å². The Morgan fingerprint density at radius 1 is 1.53 bits per heavy atom. The molecule has 1 N–H and O–H groups in total. The van der Waals surface area contributed by atoms with Crippen molar-refractivity contribution in [3.63, 3.8) is 0 Å². The van der Waals surface area contributed by atoms with Crippen LogP contribution in [-0.4, -0.2) is 27.2 Å². The molecule has 0 radical (unpaired) electrons. The summed E-state index contributed by atoms with van der Waals surface area (Å²) in [7, 11) is 0. The minimum absolute atomic E-state index is 0.371. The van der Waals surface area contributed by atoms with Crippen LogP contribution < -0.4 is 0 Å². The van der Waals surface area contributed by atoms with Gasteiger partial charge in [-0.05, 0) is 59.9 Å². The zero-order chi connectivity index (χ0) is 13.2. The molecule has 3 rings (SSSR count). The Kier molecular flexibility index (Phi) is 4.00. The van der Waals surface area contributed by atoms with Gasteiger partial charge in [-0.25, -0.2) is 4.98 Å². The zero-order valence-corrected chi connectivity index (χ0v) is 13.0. The predicted octanol–water partition coefficient (Wildman–Crippen LogP) is 3.82.